The van der Waals surface area contributed by atoms with Gasteiger partial charge in [0.2, 0.25) is 0 Å². The van der Waals surface area contributed by atoms with E-state index in [2.05, 4.69) is 6.92 Å². The van der Waals surface area contributed by atoms with Crippen molar-refractivity contribution in [2.24, 2.45) is 5.92 Å². The molecule has 0 bridgehead atoms. The Kier molecular flexibility index (Phi) is 1.41. The third kappa shape index (κ3) is 0.989. The van der Waals surface area contributed by atoms with Crippen molar-refractivity contribution < 1.29 is 0 Å². The summed E-state index contributed by atoms with van der Waals surface area (Å²) in [5.41, 5.74) is 0. The van der Waals surface area contributed by atoms with E-state index in [0.29, 0.717) is 5.82 Å². The lowest BCUT2D eigenvalue weighted by Crippen LogP contribution is -1.93. The van der Waals surface area contributed by atoms with Crippen molar-refractivity contribution in [3.63, 3.8) is 0 Å². The molecule has 0 spiro atoms. The van der Waals surface area contributed by atoms with E-state index >= 15 is 0 Å². The van der Waals surface area contributed by atoms with E-state index in [0.717, 1.165) is 5.92 Å². The number of hydrogen-bond donors (Lipinski definition) is 0. The summed E-state index contributed by atoms with van der Waals surface area (Å²) in [5, 5.41) is 0. The van der Waals surface area contributed by atoms with Gasteiger partial charge >= 0.3 is 0 Å². The Hall–Kier alpha value is 0.0649. The van der Waals surface area contributed by atoms with Gasteiger partial charge in [-0.05, 0) is 5.92 Å². The maximum atomic E-state index is 5.68. The minimum atomic E-state index is 0.514. The second-order valence-electron chi connectivity index (χ2n) is 2.57. The molecule has 0 amide bonds. The predicted octanol–water partition coefficient (Wildman–Crippen LogP) is 1.76. The Bertz CT molecular complexity index is 53.2. The first-order chi connectivity index (χ1) is 3.30. The molecule has 0 aromatic carbocycles. The first-order valence-electron chi connectivity index (χ1n) is 3.06. The summed E-state index contributed by atoms with van der Waals surface area (Å²) in [4.78, 5) is 0. The Balaban J connectivity index is 2.33. The van der Waals surface area contributed by atoms with E-state index in [1.807, 2.05) is 0 Å². The van der Waals surface area contributed by atoms with Gasteiger partial charge in [-0.1, -0.05) is 32.0 Å². The van der Waals surface area contributed by atoms with Crippen LogP contribution in [0.5, 0.6) is 0 Å². The van der Waals surface area contributed by atoms with Gasteiger partial charge in [-0.2, -0.15) is 0 Å². The van der Waals surface area contributed by atoms with E-state index in [9.17, 15) is 0 Å². The van der Waals surface area contributed by atoms with Gasteiger partial charge in [-0.25, -0.2) is 0 Å². The quantitative estimate of drug-likeness (QED) is 0.401. The summed E-state index contributed by atoms with van der Waals surface area (Å²) in [6, 6.07) is 0. The minimum Gasteiger partial charge on any atom is -0.0749 e. The summed E-state index contributed by atoms with van der Waals surface area (Å²) in [5.74, 6) is 1.31. The second kappa shape index (κ2) is 1.89. The van der Waals surface area contributed by atoms with Gasteiger partial charge in [0.05, 0.1) is 7.85 Å². The Morgan fingerprint density at radius 2 is 2.14 bits per heavy atom. The molecular weight excluding hydrogens is 82.9 g/mol. The Morgan fingerprint density at radius 3 is 2.29 bits per heavy atom. The predicted molar refractivity (Wildman–Crippen MR) is 32.5 cm³/mol. The molecule has 0 N–H and O–H groups in total. The van der Waals surface area contributed by atoms with Gasteiger partial charge in [0.15, 0.2) is 0 Å². The van der Waals surface area contributed by atoms with Crippen molar-refractivity contribution in [2.75, 3.05) is 0 Å². The van der Waals surface area contributed by atoms with Gasteiger partial charge in [-0.15, -0.1) is 0 Å². The third-order valence-electron chi connectivity index (χ3n) is 1.93. The van der Waals surface area contributed by atoms with Crippen LogP contribution in [0.1, 0.15) is 26.2 Å². The summed E-state index contributed by atoms with van der Waals surface area (Å²) < 4.78 is 0. The van der Waals surface area contributed by atoms with E-state index in [-0.39, 0.29) is 0 Å². The highest BCUT2D eigenvalue weighted by molar-refractivity contribution is 6.11. The van der Waals surface area contributed by atoms with Crippen LogP contribution in [0.15, 0.2) is 0 Å². The smallest absolute Gasteiger partial charge is 0.0703 e. The highest BCUT2D eigenvalue weighted by Crippen LogP contribution is 2.32. The van der Waals surface area contributed by atoms with Crippen molar-refractivity contribution >= 4 is 7.85 Å². The zero-order valence-electron chi connectivity index (χ0n) is 4.85. The molecule has 1 aliphatic carbocycles. The fraction of sp³-hybridized carbons (Fsp3) is 1.00. The Labute approximate surface area is 46.7 Å². The number of rotatable bonds is 0. The maximum Gasteiger partial charge on any atom is 0.0703 e. The van der Waals surface area contributed by atoms with E-state index < -0.39 is 0 Å². The monoisotopic (exact) mass is 94.1 g/mol. The molecule has 7 heavy (non-hydrogen) atoms. The van der Waals surface area contributed by atoms with Crippen molar-refractivity contribution in [3.05, 3.63) is 0 Å². The molecule has 0 unspecified atom stereocenters. The zero-order valence-corrected chi connectivity index (χ0v) is 4.85. The fourth-order valence-corrected chi connectivity index (χ4v) is 1.17. The zero-order chi connectivity index (χ0) is 5.28. The molecule has 0 aromatic heterocycles. The molecular formula is C6H11B. The third-order valence-corrected chi connectivity index (χ3v) is 1.93. The van der Waals surface area contributed by atoms with Gasteiger partial charge < -0.3 is 0 Å². The Morgan fingerprint density at radius 1 is 1.43 bits per heavy atom. The SMILES string of the molecule is [B][C@@H]1CCC[C@H]1C. The minimum absolute atomic E-state index is 0.514. The first kappa shape index (κ1) is 5.21. The highest BCUT2D eigenvalue weighted by Gasteiger charge is 2.17. The summed E-state index contributed by atoms with van der Waals surface area (Å²) in [6.07, 6.45) is 3.95. The van der Waals surface area contributed by atoms with Crippen LogP contribution in [0.4, 0.5) is 0 Å². The van der Waals surface area contributed by atoms with Gasteiger partial charge in [0.1, 0.15) is 0 Å². The van der Waals surface area contributed by atoms with Crippen LogP contribution in [-0.2, 0) is 0 Å². The van der Waals surface area contributed by atoms with Gasteiger partial charge in [-0.3, -0.25) is 0 Å². The lowest BCUT2D eigenvalue weighted by Gasteiger charge is -2.05. The van der Waals surface area contributed by atoms with Crippen LogP contribution in [0.25, 0.3) is 0 Å². The molecule has 1 fully saturated rings. The van der Waals surface area contributed by atoms with E-state index in [4.69, 9.17) is 7.85 Å². The molecule has 2 radical (unpaired) electrons. The van der Waals surface area contributed by atoms with E-state index in [1.54, 1.807) is 0 Å². The lowest BCUT2D eigenvalue weighted by molar-refractivity contribution is 0.611. The van der Waals surface area contributed by atoms with Crippen LogP contribution < -0.4 is 0 Å². The lowest BCUT2D eigenvalue weighted by atomic mass is 9.80. The molecule has 1 saturated carbocycles. The van der Waals surface area contributed by atoms with Crippen molar-refractivity contribution in [1.29, 1.82) is 0 Å². The summed E-state index contributed by atoms with van der Waals surface area (Å²) in [7, 11) is 5.68. The van der Waals surface area contributed by atoms with Crippen LogP contribution in [0, 0.1) is 5.92 Å². The summed E-state index contributed by atoms with van der Waals surface area (Å²) in [6.45, 7) is 2.23. The molecule has 0 aliphatic heterocycles. The van der Waals surface area contributed by atoms with Crippen LogP contribution >= 0.6 is 0 Å². The van der Waals surface area contributed by atoms with Crippen molar-refractivity contribution in [1.82, 2.24) is 0 Å². The van der Waals surface area contributed by atoms with Crippen LogP contribution in [0.2, 0.25) is 5.82 Å². The molecule has 0 heterocycles. The maximum absolute atomic E-state index is 5.68. The largest absolute Gasteiger partial charge is 0.0749 e. The summed E-state index contributed by atoms with van der Waals surface area (Å²) >= 11 is 0. The van der Waals surface area contributed by atoms with Gasteiger partial charge in [0, 0.05) is 0 Å². The van der Waals surface area contributed by atoms with Crippen LogP contribution in [0.3, 0.4) is 0 Å². The van der Waals surface area contributed by atoms with Gasteiger partial charge in [0.25, 0.3) is 0 Å². The molecule has 1 rings (SSSR count). The molecule has 1 aliphatic rings. The highest BCUT2D eigenvalue weighted by atomic mass is 14.2. The fourth-order valence-electron chi connectivity index (χ4n) is 1.17. The molecule has 0 aromatic rings. The molecule has 38 valence electrons. The normalized spacial score (nSPS) is 41.9. The average molecular weight is 94.0 g/mol. The van der Waals surface area contributed by atoms with Crippen molar-refractivity contribution in [2.45, 2.75) is 32.0 Å². The number of hydrogen-bond acceptors (Lipinski definition) is 0. The first-order valence-corrected chi connectivity index (χ1v) is 3.06. The second-order valence-corrected chi connectivity index (χ2v) is 2.57. The molecule has 0 nitrogen and oxygen atoms in total. The molecule has 1 heteroatoms. The topological polar surface area (TPSA) is 0 Å². The van der Waals surface area contributed by atoms with E-state index in [1.165, 1.54) is 19.3 Å². The van der Waals surface area contributed by atoms with Crippen molar-refractivity contribution in [3.8, 4) is 0 Å². The molecule has 0 saturated heterocycles. The van der Waals surface area contributed by atoms with Crippen LogP contribution in [-0.4, -0.2) is 7.85 Å². The average Bonchev–Trinajstić information content (AvgIpc) is 1.91. The molecule has 2 atom stereocenters. The standard InChI is InChI=1S/C6H11B/c1-5-3-2-4-6(5)7/h5-6H,2-4H2,1H3/t5-,6-/m1/s1.